The molecule has 3 N–H and O–H groups in total. The third-order valence-electron chi connectivity index (χ3n) is 4.36. The van der Waals surface area contributed by atoms with Crippen molar-refractivity contribution in [2.24, 2.45) is 0 Å². The predicted molar refractivity (Wildman–Crippen MR) is 94.6 cm³/mol. The van der Waals surface area contributed by atoms with E-state index in [1.165, 1.54) is 12.1 Å². The Hall–Kier alpha value is -2.44. The van der Waals surface area contributed by atoms with Gasteiger partial charge in [0.05, 0.1) is 6.61 Å². The minimum Gasteiger partial charge on any atom is -0.392 e. The summed E-state index contributed by atoms with van der Waals surface area (Å²) in [4.78, 5) is 14.5. The van der Waals surface area contributed by atoms with Gasteiger partial charge in [-0.05, 0) is 35.4 Å². The van der Waals surface area contributed by atoms with E-state index in [0.717, 1.165) is 23.4 Å². The summed E-state index contributed by atoms with van der Waals surface area (Å²) in [6, 6.07) is 13.5. The monoisotopic (exact) mass is 343 g/mol. The average molecular weight is 343 g/mol. The van der Waals surface area contributed by atoms with Crippen molar-refractivity contribution in [3.63, 3.8) is 0 Å². The third-order valence-corrected chi connectivity index (χ3v) is 4.36. The molecule has 1 saturated heterocycles. The number of hydrogen-bond acceptors (Lipinski definition) is 4. The quantitative estimate of drug-likeness (QED) is 0.768. The van der Waals surface area contributed by atoms with Gasteiger partial charge in [0.2, 0.25) is 5.91 Å². The van der Waals surface area contributed by atoms with Gasteiger partial charge in [0.15, 0.2) is 0 Å². The zero-order valence-electron chi connectivity index (χ0n) is 13.9. The maximum Gasteiger partial charge on any atom is 0.239 e. The van der Waals surface area contributed by atoms with Crippen molar-refractivity contribution >= 4 is 11.6 Å². The van der Waals surface area contributed by atoms with Crippen LogP contribution in [-0.4, -0.2) is 36.7 Å². The van der Waals surface area contributed by atoms with Crippen LogP contribution in [0.2, 0.25) is 0 Å². The largest absolute Gasteiger partial charge is 0.392 e. The van der Waals surface area contributed by atoms with Gasteiger partial charge in [-0.2, -0.15) is 0 Å². The van der Waals surface area contributed by atoms with Gasteiger partial charge in [-0.15, -0.1) is 0 Å². The van der Waals surface area contributed by atoms with E-state index in [4.69, 9.17) is 5.11 Å². The van der Waals surface area contributed by atoms with Gasteiger partial charge < -0.3 is 20.6 Å². The van der Waals surface area contributed by atoms with E-state index in [0.29, 0.717) is 19.6 Å². The van der Waals surface area contributed by atoms with Crippen molar-refractivity contribution in [1.82, 2.24) is 10.6 Å². The summed E-state index contributed by atoms with van der Waals surface area (Å²) < 4.78 is 13.1. The number of aliphatic hydroxyl groups excluding tert-OH is 1. The maximum absolute atomic E-state index is 13.1. The van der Waals surface area contributed by atoms with Crippen LogP contribution in [0.15, 0.2) is 48.5 Å². The zero-order valence-corrected chi connectivity index (χ0v) is 13.9. The molecular weight excluding hydrogens is 321 g/mol. The van der Waals surface area contributed by atoms with Crippen molar-refractivity contribution in [1.29, 1.82) is 0 Å². The minimum absolute atomic E-state index is 0.0118. The van der Waals surface area contributed by atoms with Crippen LogP contribution in [-0.2, 0) is 17.9 Å². The smallest absolute Gasteiger partial charge is 0.239 e. The molecule has 1 fully saturated rings. The Labute approximate surface area is 146 Å². The van der Waals surface area contributed by atoms with E-state index in [1.807, 2.05) is 24.3 Å². The molecule has 0 unspecified atom stereocenters. The van der Waals surface area contributed by atoms with Gasteiger partial charge in [0.1, 0.15) is 11.9 Å². The molecule has 1 heterocycles. The summed E-state index contributed by atoms with van der Waals surface area (Å²) >= 11 is 0. The Balaban J connectivity index is 1.55. The number of aliphatic hydroxyl groups is 1. The van der Waals surface area contributed by atoms with E-state index in [1.54, 1.807) is 12.1 Å². The predicted octanol–water partition coefficient (Wildman–Crippen LogP) is 1.41. The maximum atomic E-state index is 13.1. The van der Waals surface area contributed by atoms with Gasteiger partial charge in [0, 0.05) is 31.9 Å². The van der Waals surface area contributed by atoms with Gasteiger partial charge >= 0.3 is 0 Å². The van der Waals surface area contributed by atoms with Crippen LogP contribution in [0.25, 0.3) is 0 Å². The Bertz CT molecular complexity index is 704. The Kier molecular flexibility index (Phi) is 5.63. The minimum atomic E-state index is -0.310. The summed E-state index contributed by atoms with van der Waals surface area (Å²) in [5.41, 5.74) is 2.75. The lowest BCUT2D eigenvalue weighted by Gasteiger charge is -2.34. The Morgan fingerprint density at radius 2 is 1.84 bits per heavy atom. The fraction of sp³-hybridized carbons (Fsp3) is 0.316. The first-order valence-corrected chi connectivity index (χ1v) is 8.36. The number of hydrogen-bond donors (Lipinski definition) is 3. The van der Waals surface area contributed by atoms with Gasteiger partial charge in [-0.1, -0.05) is 24.3 Å². The van der Waals surface area contributed by atoms with Crippen LogP contribution in [0.4, 0.5) is 10.1 Å². The lowest BCUT2D eigenvalue weighted by molar-refractivity contribution is -0.123. The normalized spacial score (nSPS) is 17.4. The van der Waals surface area contributed by atoms with Crippen LogP contribution in [0.1, 0.15) is 11.1 Å². The molecule has 25 heavy (non-hydrogen) atoms. The van der Waals surface area contributed by atoms with E-state index in [9.17, 15) is 9.18 Å². The molecule has 0 aromatic heterocycles. The number of piperazine rings is 1. The first-order valence-electron chi connectivity index (χ1n) is 8.36. The molecule has 0 aliphatic carbocycles. The molecule has 1 aliphatic heterocycles. The highest BCUT2D eigenvalue weighted by molar-refractivity contribution is 5.82. The fourth-order valence-electron chi connectivity index (χ4n) is 2.89. The molecule has 1 amide bonds. The zero-order chi connectivity index (χ0) is 17.6. The summed E-state index contributed by atoms with van der Waals surface area (Å²) in [7, 11) is 0. The van der Waals surface area contributed by atoms with E-state index >= 15 is 0 Å². The molecule has 0 radical (unpaired) electrons. The molecular formula is C19H22FN3O2. The van der Waals surface area contributed by atoms with Crippen LogP contribution in [0.3, 0.4) is 0 Å². The number of nitrogens with one attached hydrogen (secondary N) is 2. The number of nitrogens with zero attached hydrogens (tertiary/aromatic N) is 1. The second-order valence-corrected chi connectivity index (χ2v) is 6.12. The molecule has 5 nitrogen and oxygen atoms in total. The lowest BCUT2D eigenvalue weighted by atomic mass is 10.1. The van der Waals surface area contributed by atoms with Crippen molar-refractivity contribution in [2.75, 3.05) is 24.5 Å². The van der Waals surface area contributed by atoms with Crippen molar-refractivity contribution in [2.45, 2.75) is 19.2 Å². The van der Waals surface area contributed by atoms with Crippen LogP contribution < -0.4 is 15.5 Å². The molecule has 1 atom stereocenters. The van der Waals surface area contributed by atoms with Crippen molar-refractivity contribution < 1.29 is 14.3 Å². The number of carbonyl (C=O) groups is 1. The summed E-state index contributed by atoms with van der Waals surface area (Å²) in [6.45, 7) is 2.47. The second kappa shape index (κ2) is 8.09. The van der Waals surface area contributed by atoms with Crippen molar-refractivity contribution in [3.8, 4) is 0 Å². The lowest BCUT2D eigenvalue weighted by Crippen LogP contribution is -2.57. The number of anilines is 1. The van der Waals surface area contributed by atoms with Crippen LogP contribution in [0.5, 0.6) is 0 Å². The van der Waals surface area contributed by atoms with Gasteiger partial charge in [0.25, 0.3) is 0 Å². The second-order valence-electron chi connectivity index (χ2n) is 6.12. The van der Waals surface area contributed by atoms with Gasteiger partial charge in [-0.25, -0.2) is 4.39 Å². The van der Waals surface area contributed by atoms with E-state index in [2.05, 4.69) is 15.5 Å². The topological polar surface area (TPSA) is 64.6 Å². The molecule has 0 spiro atoms. The summed E-state index contributed by atoms with van der Waals surface area (Å²) in [5, 5.41) is 15.2. The molecule has 2 aromatic carbocycles. The standard InChI is InChI=1S/C19H22FN3O2/c20-16-5-7-17(8-6-16)23-10-9-21-18(12-23)19(25)22-11-14-1-3-15(13-24)4-2-14/h1-8,18,21,24H,9-13H2,(H,22,25)/t18-/m1/s1. The van der Waals surface area contributed by atoms with Crippen LogP contribution >= 0.6 is 0 Å². The highest BCUT2D eigenvalue weighted by Gasteiger charge is 2.25. The number of amides is 1. The number of carbonyl (C=O) groups excluding carboxylic acids is 1. The first-order chi connectivity index (χ1) is 12.2. The fourth-order valence-corrected chi connectivity index (χ4v) is 2.89. The van der Waals surface area contributed by atoms with Gasteiger partial charge in [-0.3, -0.25) is 4.79 Å². The molecule has 132 valence electrons. The van der Waals surface area contributed by atoms with Crippen molar-refractivity contribution in [3.05, 3.63) is 65.5 Å². The SMILES string of the molecule is O=C(NCc1ccc(CO)cc1)[C@H]1CN(c2ccc(F)cc2)CCN1. The number of halogens is 1. The summed E-state index contributed by atoms with van der Waals surface area (Å²) in [5.74, 6) is -0.321. The molecule has 6 heteroatoms. The Morgan fingerprint density at radius 3 is 2.52 bits per heavy atom. The molecule has 0 saturated carbocycles. The van der Waals surface area contributed by atoms with E-state index < -0.39 is 0 Å². The summed E-state index contributed by atoms with van der Waals surface area (Å²) in [6.07, 6.45) is 0. The van der Waals surface area contributed by atoms with E-state index in [-0.39, 0.29) is 24.4 Å². The molecule has 2 aromatic rings. The highest BCUT2D eigenvalue weighted by Crippen LogP contribution is 2.16. The average Bonchev–Trinajstić information content (AvgIpc) is 2.67. The highest BCUT2D eigenvalue weighted by atomic mass is 19.1. The Morgan fingerprint density at radius 1 is 1.16 bits per heavy atom. The van der Waals surface area contributed by atoms with Crippen LogP contribution in [0, 0.1) is 5.82 Å². The third kappa shape index (κ3) is 4.55. The molecule has 3 rings (SSSR count). The first kappa shape index (κ1) is 17.4. The number of rotatable bonds is 5. The molecule has 0 bridgehead atoms. The number of benzene rings is 2. The molecule has 1 aliphatic rings.